The molecule has 0 aliphatic carbocycles. The summed E-state index contributed by atoms with van der Waals surface area (Å²) in [5.41, 5.74) is 3.43. The van der Waals surface area contributed by atoms with Crippen LogP contribution in [0, 0.1) is 13.8 Å². The maximum absolute atomic E-state index is 13.7. The van der Waals surface area contributed by atoms with Gasteiger partial charge < -0.3 is 9.64 Å². The smallest absolute Gasteiger partial charge is 0.251 e. The van der Waals surface area contributed by atoms with Crippen molar-refractivity contribution in [1.29, 1.82) is 0 Å². The average Bonchev–Trinajstić information content (AvgIpc) is 2.77. The van der Waals surface area contributed by atoms with Crippen LogP contribution in [0.5, 0.6) is 5.75 Å². The summed E-state index contributed by atoms with van der Waals surface area (Å²) in [6.07, 6.45) is 0. The number of methoxy groups -OCH3 is 1. The number of hydrogen-bond donors (Lipinski definition) is 0. The third kappa shape index (κ3) is 3.22. The molecule has 6 heteroatoms. The maximum atomic E-state index is 13.7. The van der Waals surface area contributed by atoms with Crippen LogP contribution in [0.4, 0.5) is 5.69 Å². The van der Waals surface area contributed by atoms with E-state index in [4.69, 9.17) is 4.74 Å². The molecular formula is C25H25NO4S. The summed E-state index contributed by atoms with van der Waals surface area (Å²) in [5, 5.41) is 0. The minimum atomic E-state index is -3.95. The van der Waals surface area contributed by atoms with Crippen LogP contribution in [0.15, 0.2) is 77.7 Å². The molecule has 1 heterocycles. The van der Waals surface area contributed by atoms with E-state index >= 15 is 0 Å². The first-order valence-electron chi connectivity index (χ1n) is 10.1. The van der Waals surface area contributed by atoms with Crippen molar-refractivity contribution >= 4 is 21.4 Å². The minimum absolute atomic E-state index is 0.149. The number of carbonyl (C=O) groups is 1. The van der Waals surface area contributed by atoms with Crippen LogP contribution in [0.25, 0.3) is 0 Å². The Morgan fingerprint density at radius 2 is 1.35 bits per heavy atom. The highest BCUT2D eigenvalue weighted by atomic mass is 32.2. The van der Waals surface area contributed by atoms with E-state index in [-0.39, 0.29) is 4.90 Å². The predicted octanol–water partition coefficient (Wildman–Crippen LogP) is 4.63. The van der Waals surface area contributed by atoms with Crippen molar-refractivity contribution in [2.24, 2.45) is 0 Å². The van der Waals surface area contributed by atoms with Gasteiger partial charge in [0, 0.05) is 5.69 Å². The Morgan fingerprint density at radius 1 is 0.839 bits per heavy atom. The van der Waals surface area contributed by atoms with Crippen LogP contribution in [0.1, 0.15) is 29.7 Å². The number of aryl methyl sites for hydroxylation is 2. The van der Waals surface area contributed by atoms with Crippen molar-refractivity contribution < 1.29 is 17.9 Å². The number of β-lactam (4-membered cyclic amide) rings is 1. The molecule has 0 radical (unpaired) electrons. The Kier molecular flexibility index (Phi) is 5.13. The van der Waals surface area contributed by atoms with Gasteiger partial charge in [0.1, 0.15) is 5.75 Å². The number of rotatable bonds is 5. The summed E-state index contributed by atoms with van der Waals surface area (Å²) < 4.78 is 31.1. The van der Waals surface area contributed by atoms with Crippen LogP contribution in [-0.4, -0.2) is 26.2 Å². The van der Waals surface area contributed by atoms with Crippen LogP contribution in [0.2, 0.25) is 0 Å². The van der Waals surface area contributed by atoms with E-state index in [1.807, 2.05) is 50.2 Å². The molecule has 0 bridgehead atoms. The van der Waals surface area contributed by atoms with Crippen molar-refractivity contribution in [3.63, 3.8) is 0 Å². The van der Waals surface area contributed by atoms with E-state index in [1.165, 1.54) is 6.92 Å². The lowest BCUT2D eigenvalue weighted by atomic mass is 9.82. The lowest BCUT2D eigenvalue weighted by Crippen LogP contribution is -2.70. The second-order valence-electron chi connectivity index (χ2n) is 8.11. The monoisotopic (exact) mass is 435 g/mol. The normalized spacial score (nSPS) is 21.0. The zero-order valence-corrected chi connectivity index (χ0v) is 18.8. The van der Waals surface area contributed by atoms with Crippen molar-refractivity contribution in [1.82, 2.24) is 0 Å². The Morgan fingerprint density at radius 3 is 1.87 bits per heavy atom. The number of anilines is 1. The van der Waals surface area contributed by atoms with Crippen LogP contribution in [-0.2, 0) is 14.6 Å². The first kappa shape index (κ1) is 21.1. The Bertz CT molecular complexity index is 1220. The fraction of sp³-hybridized carbons (Fsp3) is 0.240. The first-order chi connectivity index (χ1) is 14.7. The SMILES string of the molecule is COc1ccc([C@@H]2N(c3ccc(C)cc3)C(=O)[C@]2(C)S(=O)(=O)c2ccc(C)cc2)cc1. The van der Waals surface area contributed by atoms with Crippen LogP contribution >= 0.6 is 0 Å². The number of ether oxygens (including phenoxy) is 1. The number of benzene rings is 3. The van der Waals surface area contributed by atoms with Crippen LogP contribution in [0.3, 0.4) is 0 Å². The molecule has 1 amide bonds. The minimum Gasteiger partial charge on any atom is -0.497 e. The van der Waals surface area contributed by atoms with E-state index < -0.39 is 26.5 Å². The molecule has 0 spiro atoms. The third-order valence-electron chi connectivity index (χ3n) is 6.06. The van der Waals surface area contributed by atoms with Gasteiger partial charge in [-0.25, -0.2) is 8.42 Å². The molecule has 31 heavy (non-hydrogen) atoms. The van der Waals surface area contributed by atoms with E-state index in [9.17, 15) is 13.2 Å². The lowest BCUT2D eigenvalue weighted by molar-refractivity contribution is -0.127. The highest BCUT2D eigenvalue weighted by molar-refractivity contribution is 7.93. The number of amides is 1. The van der Waals surface area contributed by atoms with Crippen LogP contribution < -0.4 is 9.64 Å². The molecule has 1 saturated heterocycles. The number of carbonyl (C=O) groups excluding carboxylic acids is 1. The summed E-state index contributed by atoms with van der Waals surface area (Å²) >= 11 is 0. The molecule has 3 aromatic carbocycles. The van der Waals surface area contributed by atoms with Gasteiger partial charge in [-0.1, -0.05) is 47.5 Å². The van der Waals surface area contributed by atoms with Crippen molar-refractivity contribution in [2.75, 3.05) is 12.0 Å². The molecule has 0 saturated carbocycles. The first-order valence-corrected chi connectivity index (χ1v) is 11.5. The van der Waals surface area contributed by atoms with E-state index in [0.717, 1.165) is 16.7 Å². The molecule has 4 rings (SSSR count). The Labute approximate surface area is 183 Å². The second kappa shape index (κ2) is 7.54. The predicted molar refractivity (Wildman–Crippen MR) is 121 cm³/mol. The van der Waals surface area contributed by atoms with Gasteiger partial charge in [-0.05, 0) is 62.7 Å². The number of hydrogen-bond acceptors (Lipinski definition) is 4. The van der Waals surface area contributed by atoms with E-state index in [1.54, 1.807) is 48.4 Å². The fourth-order valence-electron chi connectivity index (χ4n) is 4.10. The second-order valence-corrected chi connectivity index (χ2v) is 10.4. The highest BCUT2D eigenvalue weighted by Gasteiger charge is 2.66. The van der Waals surface area contributed by atoms with Gasteiger partial charge in [0.15, 0.2) is 14.6 Å². The van der Waals surface area contributed by atoms with Crippen molar-refractivity contribution in [3.8, 4) is 5.75 Å². The Balaban J connectivity index is 1.86. The topological polar surface area (TPSA) is 63.7 Å². The van der Waals surface area contributed by atoms with Gasteiger partial charge in [-0.15, -0.1) is 0 Å². The molecule has 1 fully saturated rings. The van der Waals surface area contributed by atoms with Gasteiger partial charge in [0.05, 0.1) is 18.0 Å². The molecule has 3 aromatic rings. The molecule has 2 atom stereocenters. The van der Waals surface area contributed by atoms with Crippen molar-refractivity contribution in [2.45, 2.75) is 36.5 Å². The summed E-state index contributed by atoms with van der Waals surface area (Å²) in [6.45, 7) is 5.39. The lowest BCUT2D eigenvalue weighted by Gasteiger charge is -2.53. The standard InChI is InChI=1S/C25H25NO4S/c1-17-5-11-20(12-6-17)26-23(19-9-13-21(30-4)14-10-19)25(3,24(26)27)31(28,29)22-15-7-18(2)8-16-22/h5-16,23H,1-4H3/t23-,25+/m0/s1. The zero-order valence-electron chi connectivity index (χ0n) is 18.0. The van der Waals surface area contributed by atoms with Gasteiger partial charge in [-0.2, -0.15) is 0 Å². The summed E-state index contributed by atoms with van der Waals surface area (Å²) in [6, 6.07) is 20.7. The fourth-order valence-corrected chi connectivity index (χ4v) is 5.95. The van der Waals surface area contributed by atoms with Gasteiger partial charge in [0.25, 0.3) is 5.91 Å². The number of nitrogens with zero attached hydrogens (tertiary/aromatic N) is 1. The molecule has 5 nitrogen and oxygen atoms in total. The van der Waals surface area contributed by atoms with E-state index in [0.29, 0.717) is 11.4 Å². The summed E-state index contributed by atoms with van der Waals surface area (Å²) in [7, 11) is -2.38. The number of sulfone groups is 1. The zero-order chi connectivity index (χ0) is 22.4. The maximum Gasteiger partial charge on any atom is 0.251 e. The molecular weight excluding hydrogens is 410 g/mol. The average molecular weight is 436 g/mol. The van der Waals surface area contributed by atoms with E-state index in [2.05, 4.69) is 0 Å². The molecule has 0 unspecified atom stereocenters. The van der Waals surface area contributed by atoms with Crippen molar-refractivity contribution in [3.05, 3.63) is 89.5 Å². The largest absolute Gasteiger partial charge is 0.497 e. The summed E-state index contributed by atoms with van der Waals surface area (Å²) in [4.78, 5) is 15.2. The molecule has 0 aromatic heterocycles. The Hall–Kier alpha value is -3.12. The molecule has 1 aliphatic heterocycles. The quantitative estimate of drug-likeness (QED) is 0.548. The third-order valence-corrected chi connectivity index (χ3v) is 8.46. The molecule has 1 aliphatic rings. The molecule has 0 N–H and O–H groups in total. The molecule has 160 valence electrons. The summed E-state index contributed by atoms with van der Waals surface area (Å²) in [5.74, 6) is 0.233. The van der Waals surface area contributed by atoms with Gasteiger partial charge >= 0.3 is 0 Å². The highest BCUT2D eigenvalue weighted by Crippen LogP contribution is 2.52. The van der Waals surface area contributed by atoms with Gasteiger partial charge in [0.2, 0.25) is 0 Å². The van der Waals surface area contributed by atoms with Gasteiger partial charge in [-0.3, -0.25) is 4.79 Å².